The van der Waals surface area contributed by atoms with Crippen LogP contribution in [0.4, 0.5) is 5.82 Å². The molecule has 0 aromatic carbocycles. The second-order valence-electron chi connectivity index (χ2n) is 3.00. The predicted molar refractivity (Wildman–Crippen MR) is 65.9 cm³/mol. The lowest BCUT2D eigenvalue weighted by molar-refractivity contribution is 0.102. The van der Waals surface area contributed by atoms with Gasteiger partial charge in [0.2, 0.25) is 0 Å². The van der Waals surface area contributed by atoms with Crippen LogP contribution in [-0.4, -0.2) is 23.0 Å². The Bertz CT molecular complexity index is 527. The third-order valence-corrected chi connectivity index (χ3v) is 3.01. The molecule has 0 fully saturated rings. The van der Waals surface area contributed by atoms with E-state index in [1.165, 1.54) is 30.8 Å². The summed E-state index contributed by atoms with van der Waals surface area (Å²) in [4.78, 5) is 20.1. The van der Waals surface area contributed by atoms with E-state index < -0.39 is 0 Å². The number of ether oxygens (including phenoxy) is 1. The summed E-state index contributed by atoms with van der Waals surface area (Å²) in [5, 5.41) is 4.66. The van der Waals surface area contributed by atoms with Crippen molar-refractivity contribution in [1.29, 1.82) is 0 Å². The van der Waals surface area contributed by atoms with Crippen LogP contribution in [0.3, 0.4) is 0 Å². The second kappa shape index (κ2) is 5.11. The highest BCUT2D eigenvalue weighted by Crippen LogP contribution is 2.25. The highest BCUT2D eigenvalue weighted by molar-refractivity contribution is 7.12. The number of carbonyl (C=O) groups is 1. The summed E-state index contributed by atoms with van der Waals surface area (Å²) >= 11 is 6.88. The number of rotatable bonds is 3. The number of nitrogens with one attached hydrogen (secondary N) is 1. The molecule has 0 saturated heterocycles. The molecule has 2 heterocycles. The Labute approximate surface area is 106 Å². The molecule has 0 aliphatic heterocycles. The van der Waals surface area contributed by atoms with Crippen LogP contribution in [0.15, 0.2) is 23.8 Å². The van der Waals surface area contributed by atoms with Crippen molar-refractivity contribution < 1.29 is 9.53 Å². The highest BCUT2D eigenvalue weighted by atomic mass is 35.5. The Balaban J connectivity index is 2.14. The van der Waals surface area contributed by atoms with Crippen LogP contribution in [0.2, 0.25) is 5.15 Å². The highest BCUT2D eigenvalue weighted by Gasteiger charge is 2.14. The van der Waals surface area contributed by atoms with Gasteiger partial charge in [-0.2, -0.15) is 0 Å². The third-order valence-electron chi connectivity index (χ3n) is 1.92. The van der Waals surface area contributed by atoms with Gasteiger partial charge < -0.3 is 10.1 Å². The molecule has 0 aliphatic rings. The average molecular weight is 270 g/mol. The van der Waals surface area contributed by atoms with E-state index in [0.717, 1.165) is 0 Å². The van der Waals surface area contributed by atoms with Crippen LogP contribution in [0.25, 0.3) is 0 Å². The zero-order valence-corrected chi connectivity index (χ0v) is 10.4. The van der Waals surface area contributed by atoms with E-state index in [1.54, 1.807) is 11.4 Å². The fraction of sp³-hybridized carbons (Fsp3) is 0.100. The minimum absolute atomic E-state index is 0.275. The van der Waals surface area contributed by atoms with E-state index in [1.807, 2.05) is 0 Å². The molecule has 0 aliphatic carbocycles. The summed E-state index contributed by atoms with van der Waals surface area (Å²) in [6.07, 6.45) is 2.75. The van der Waals surface area contributed by atoms with Gasteiger partial charge in [0.25, 0.3) is 5.91 Å². The molecule has 88 valence electrons. The van der Waals surface area contributed by atoms with Crippen LogP contribution in [0.1, 0.15) is 9.67 Å². The van der Waals surface area contributed by atoms with Crippen LogP contribution in [-0.2, 0) is 0 Å². The van der Waals surface area contributed by atoms with E-state index in [0.29, 0.717) is 16.4 Å². The number of carbonyl (C=O) groups excluding carboxylic acids is 1. The number of aromatic nitrogens is 2. The zero-order chi connectivity index (χ0) is 12.3. The molecule has 0 radical (unpaired) electrons. The molecular weight excluding hydrogens is 262 g/mol. The maximum atomic E-state index is 11.9. The SMILES string of the molecule is COc1ccsc1C(=O)Nc1cnc(Cl)cn1. The number of nitrogens with zero attached hydrogens (tertiary/aromatic N) is 2. The monoisotopic (exact) mass is 269 g/mol. The normalized spacial score (nSPS) is 10.0. The minimum Gasteiger partial charge on any atom is -0.495 e. The molecule has 2 aromatic rings. The van der Waals surface area contributed by atoms with E-state index in [9.17, 15) is 4.79 Å². The average Bonchev–Trinajstić information content (AvgIpc) is 2.80. The van der Waals surface area contributed by atoms with Crippen molar-refractivity contribution in [3.05, 3.63) is 33.9 Å². The Morgan fingerprint density at radius 1 is 1.47 bits per heavy atom. The van der Waals surface area contributed by atoms with Crippen molar-refractivity contribution in [2.75, 3.05) is 12.4 Å². The van der Waals surface area contributed by atoms with Crippen LogP contribution >= 0.6 is 22.9 Å². The summed E-state index contributed by atoms with van der Waals surface area (Å²) in [7, 11) is 1.51. The van der Waals surface area contributed by atoms with Crippen molar-refractivity contribution >= 4 is 34.7 Å². The standard InChI is InChI=1S/C10H8ClN3O2S/c1-16-6-2-3-17-9(6)10(15)14-8-5-12-7(11)4-13-8/h2-5H,1H3,(H,13,14,15). The molecule has 2 aromatic heterocycles. The van der Waals surface area contributed by atoms with E-state index in [2.05, 4.69) is 15.3 Å². The quantitative estimate of drug-likeness (QED) is 0.930. The Morgan fingerprint density at radius 2 is 2.29 bits per heavy atom. The summed E-state index contributed by atoms with van der Waals surface area (Å²) in [5.41, 5.74) is 0. The Morgan fingerprint density at radius 3 is 2.94 bits per heavy atom. The molecule has 0 unspecified atom stereocenters. The predicted octanol–water partition coefficient (Wildman–Crippen LogP) is 2.45. The van der Waals surface area contributed by atoms with E-state index in [-0.39, 0.29) is 11.1 Å². The van der Waals surface area contributed by atoms with Crippen LogP contribution in [0.5, 0.6) is 5.75 Å². The number of amides is 1. The van der Waals surface area contributed by atoms with Gasteiger partial charge in [0, 0.05) is 0 Å². The molecule has 1 amide bonds. The summed E-state index contributed by atoms with van der Waals surface area (Å²) in [6.45, 7) is 0. The molecule has 7 heteroatoms. The van der Waals surface area contributed by atoms with Gasteiger partial charge in [-0.1, -0.05) is 11.6 Å². The maximum absolute atomic E-state index is 11.9. The number of halogens is 1. The Hall–Kier alpha value is -1.66. The lowest BCUT2D eigenvalue weighted by Crippen LogP contribution is -2.12. The van der Waals surface area contributed by atoms with Gasteiger partial charge in [-0.15, -0.1) is 11.3 Å². The fourth-order valence-corrected chi connectivity index (χ4v) is 2.02. The van der Waals surface area contributed by atoms with Gasteiger partial charge in [-0.3, -0.25) is 4.79 Å². The lowest BCUT2D eigenvalue weighted by atomic mass is 10.4. The molecule has 2 rings (SSSR count). The maximum Gasteiger partial charge on any atom is 0.270 e. The number of methoxy groups -OCH3 is 1. The lowest BCUT2D eigenvalue weighted by Gasteiger charge is -2.04. The zero-order valence-electron chi connectivity index (χ0n) is 8.81. The van der Waals surface area contributed by atoms with Gasteiger partial charge in [0.05, 0.1) is 19.5 Å². The van der Waals surface area contributed by atoms with Gasteiger partial charge in [0.15, 0.2) is 5.82 Å². The number of hydrogen-bond acceptors (Lipinski definition) is 5. The third kappa shape index (κ3) is 2.72. The summed E-state index contributed by atoms with van der Waals surface area (Å²) in [5.74, 6) is 0.595. The fourth-order valence-electron chi connectivity index (χ4n) is 1.17. The molecule has 0 atom stereocenters. The molecular formula is C10H8ClN3O2S. The van der Waals surface area contributed by atoms with Gasteiger partial charge in [0.1, 0.15) is 15.8 Å². The van der Waals surface area contributed by atoms with Crippen molar-refractivity contribution in [2.45, 2.75) is 0 Å². The van der Waals surface area contributed by atoms with E-state index >= 15 is 0 Å². The van der Waals surface area contributed by atoms with Gasteiger partial charge in [-0.05, 0) is 11.4 Å². The van der Waals surface area contributed by atoms with Gasteiger partial charge in [-0.25, -0.2) is 9.97 Å². The smallest absolute Gasteiger partial charge is 0.270 e. The largest absolute Gasteiger partial charge is 0.495 e. The first-order valence-electron chi connectivity index (χ1n) is 4.61. The molecule has 5 nitrogen and oxygen atoms in total. The first-order valence-corrected chi connectivity index (χ1v) is 5.87. The molecule has 0 spiro atoms. The van der Waals surface area contributed by atoms with Gasteiger partial charge >= 0.3 is 0 Å². The first-order chi connectivity index (χ1) is 8.20. The second-order valence-corrected chi connectivity index (χ2v) is 4.30. The first kappa shape index (κ1) is 11.8. The summed E-state index contributed by atoms with van der Waals surface area (Å²) < 4.78 is 5.06. The van der Waals surface area contributed by atoms with Crippen LogP contribution < -0.4 is 10.1 Å². The minimum atomic E-state index is -0.284. The number of anilines is 1. The van der Waals surface area contributed by atoms with Crippen LogP contribution in [0, 0.1) is 0 Å². The molecule has 17 heavy (non-hydrogen) atoms. The molecule has 0 saturated carbocycles. The van der Waals surface area contributed by atoms with Crippen molar-refractivity contribution in [3.8, 4) is 5.75 Å². The molecule has 1 N–H and O–H groups in total. The van der Waals surface area contributed by atoms with Crippen molar-refractivity contribution in [3.63, 3.8) is 0 Å². The molecule has 0 bridgehead atoms. The van der Waals surface area contributed by atoms with Crippen molar-refractivity contribution in [2.24, 2.45) is 0 Å². The summed E-state index contributed by atoms with van der Waals surface area (Å²) in [6, 6.07) is 1.73. The van der Waals surface area contributed by atoms with E-state index in [4.69, 9.17) is 16.3 Å². The number of thiophene rings is 1. The number of hydrogen-bond donors (Lipinski definition) is 1. The topological polar surface area (TPSA) is 64.1 Å². The Kier molecular flexibility index (Phi) is 3.55. The van der Waals surface area contributed by atoms with Crippen molar-refractivity contribution in [1.82, 2.24) is 9.97 Å².